The normalized spacial score (nSPS) is 5.60. The van der Waals surface area contributed by atoms with Crippen LogP contribution in [-0.4, -0.2) is 0 Å². The van der Waals surface area contributed by atoms with Crippen LogP contribution in [0.15, 0.2) is 4.48 Å². The van der Waals surface area contributed by atoms with E-state index in [0.717, 1.165) is 0 Å². The van der Waals surface area contributed by atoms with Crippen LogP contribution in [-0.2, 0) is 0 Å². The van der Waals surface area contributed by atoms with Gasteiger partial charge in [-0.15, -0.1) is 0 Å². The zero-order chi connectivity index (χ0) is 4.28. The Labute approximate surface area is 39.0 Å². The minimum Gasteiger partial charge on any atom is -0.192 e. The fourth-order valence-corrected chi connectivity index (χ4v) is 0. The molecule has 0 aliphatic rings. The number of rotatable bonds is 0. The Bertz CT molecular complexity index is 79.4. The molecular weight excluding hydrogens is 130 g/mol. The van der Waals surface area contributed by atoms with Crippen LogP contribution in [0.1, 0.15) is 0 Å². The molecule has 0 unspecified atom stereocenters. The first kappa shape index (κ1) is 4.71. The lowest BCUT2D eigenvalue weighted by molar-refractivity contribution is 1.53. The molecule has 1 radical (unpaired) electrons. The second-order valence-electron chi connectivity index (χ2n) is 0.460. The topological polar surface area (TPSA) is 23.8 Å². The van der Waals surface area contributed by atoms with Gasteiger partial charge in [0.05, 0.1) is 4.48 Å². The van der Waals surface area contributed by atoms with Gasteiger partial charge in [-0.25, -0.2) is 0 Å². The molecule has 0 amide bonds. The minimum atomic E-state index is 0.123. The second-order valence-corrected chi connectivity index (χ2v) is 1.31. The van der Waals surface area contributed by atoms with Gasteiger partial charge in [0.1, 0.15) is 6.07 Å². The predicted molar refractivity (Wildman–Crippen MR) is 22.4 cm³/mol. The van der Waals surface area contributed by atoms with Crippen molar-refractivity contribution in [2.24, 2.45) is 0 Å². The van der Waals surface area contributed by atoms with Crippen LogP contribution in [0, 0.1) is 17.9 Å². The van der Waals surface area contributed by atoms with Gasteiger partial charge in [0.15, 0.2) is 0 Å². The molecule has 0 atom stereocenters. The summed E-state index contributed by atoms with van der Waals surface area (Å²) < 4.78 is 0.123. The lowest BCUT2D eigenvalue weighted by atomic mass is 10.7. The van der Waals surface area contributed by atoms with E-state index in [0.29, 0.717) is 0 Å². The maximum Gasteiger partial charge on any atom is 0.107 e. The van der Waals surface area contributed by atoms with Crippen molar-refractivity contribution in [1.29, 1.82) is 5.26 Å². The first-order valence-corrected chi connectivity index (χ1v) is 1.74. The molecule has 25 valence electrons. The Morgan fingerprint density at radius 3 is 2.20 bits per heavy atom. The molecule has 0 saturated heterocycles. The van der Waals surface area contributed by atoms with E-state index in [9.17, 15) is 0 Å². The molecule has 0 N–H and O–H groups in total. The highest BCUT2D eigenvalue weighted by molar-refractivity contribution is 9.11. The fraction of sp³-hybridized carbons (Fsp3) is 0. The molecule has 0 rings (SSSR count). The quantitative estimate of drug-likeness (QED) is 0.453. The molecule has 0 fully saturated rings. The summed E-state index contributed by atoms with van der Waals surface area (Å²) in [6.45, 7) is 4.76. The van der Waals surface area contributed by atoms with Gasteiger partial charge >= 0.3 is 0 Å². The summed E-state index contributed by atoms with van der Waals surface area (Å²) in [6, 6.07) is 1.64. The molecule has 0 bridgehead atoms. The Hall–Kier alpha value is -0.290. The molecule has 0 aliphatic heterocycles. The smallest absolute Gasteiger partial charge is 0.107 e. The van der Waals surface area contributed by atoms with Crippen molar-refractivity contribution < 1.29 is 0 Å². The Balaban J connectivity index is 3.35. The summed E-state index contributed by atoms with van der Waals surface area (Å²) in [6.07, 6.45) is 0. The van der Waals surface area contributed by atoms with Crippen LogP contribution in [0.25, 0.3) is 0 Å². The zero-order valence-electron chi connectivity index (χ0n) is 2.40. The third kappa shape index (κ3) is 3.71. The van der Waals surface area contributed by atoms with E-state index in [2.05, 4.69) is 15.9 Å². The van der Waals surface area contributed by atoms with Crippen LogP contribution in [0.3, 0.4) is 0 Å². The summed E-state index contributed by atoms with van der Waals surface area (Å²) >= 11 is 2.71. The maximum absolute atomic E-state index is 7.68. The summed E-state index contributed by atoms with van der Waals surface area (Å²) in [5, 5.41) is 7.68. The first-order chi connectivity index (χ1) is 2.27. The van der Waals surface area contributed by atoms with Crippen molar-refractivity contribution in [2.75, 3.05) is 0 Å². The van der Waals surface area contributed by atoms with Crippen LogP contribution in [0.2, 0.25) is 0 Å². The van der Waals surface area contributed by atoms with Gasteiger partial charge in [0.2, 0.25) is 0 Å². The molecule has 0 saturated carbocycles. The summed E-state index contributed by atoms with van der Waals surface area (Å²) in [5.41, 5.74) is 0. The Kier molecular flexibility index (Phi) is 1.86. The molecule has 1 nitrogen and oxygen atoms in total. The van der Waals surface area contributed by atoms with Gasteiger partial charge in [-0.05, 0) is 22.5 Å². The third-order valence-corrected chi connectivity index (χ3v) is 0.284. The van der Waals surface area contributed by atoms with Gasteiger partial charge in [-0.2, -0.15) is 5.26 Å². The molecule has 0 aliphatic carbocycles. The van der Waals surface area contributed by atoms with Crippen molar-refractivity contribution >= 4 is 15.9 Å². The predicted octanol–water partition coefficient (Wildman–Crippen LogP) is 1.22. The summed E-state index contributed by atoms with van der Waals surface area (Å²) in [5.74, 6) is 0. The number of allylic oxidation sites excluding steroid dienone is 1. The maximum atomic E-state index is 7.68. The van der Waals surface area contributed by atoms with Crippen molar-refractivity contribution in [3.8, 4) is 6.07 Å². The largest absolute Gasteiger partial charge is 0.192 e. The molecule has 0 heterocycles. The number of nitriles is 1. The first-order valence-electron chi connectivity index (χ1n) is 0.951. The van der Waals surface area contributed by atoms with Gasteiger partial charge in [-0.1, -0.05) is 0 Å². The van der Waals surface area contributed by atoms with E-state index >= 15 is 0 Å². The highest BCUT2D eigenvalue weighted by atomic mass is 79.9. The van der Waals surface area contributed by atoms with Gasteiger partial charge in [0.25, 0.3) is 0 Å². The number of hydrogen-bond acceptors (Lipinski definition) is 1. The van der Waals surface area contributed by atoms with Crippen LogP contribution < -0.4 is 0 Å². The van der Waals surface area contributed by atoms with Crippen LogP contribution in [0.4, 0.5) is 0 Å². The standard InChI is InChI=1S/C3HBrN/c1-3(4)2-5/h1H. The summed E-state index contributed by atoms with van der Waals surface area (Å²) in [7, 11) is 0. The molecule has 0 aromatic rings. The van der Waals surface area contributed by atoms with E-state index in [-0.39, 0.29) is 4.48 Å². The number of hydrogen-bond donors (Lipinski definition) is 0. The molecule has 2 heteroatoms. The van der Waals surface area contributed by atoms with Crippen molar-refractivity contribution in [3.05, 3.63) is 11.1 Å². The highest BCUT2D eigenvalue weighted by Gasteiger charge is 1.68. The fourth-order valence-electron chi connectivity index (χ4n) is 0. The average molecular weight is 131 g/mol. The molecular formula is C3HBrN. The Morgan fingerprint density at radius 1 is 2.00 bits per heavy atom. The third-order valence-electron chi connectivity index (χ3n) is 0.107. The molecule has 0 aromatic carbocycles. The van der Waals surface area contributed by atoms with E-state index in [1.54, 1.807) is 6.07 Å². The lowest BCUT2D eigenvalue weighted by Crippen LogP contribution is -1.44. The van der Waals surface area contributed by atoms with Crippen LogP contribution >= 0.6 is 15.9 Å². The van der Waals surface area contributed by atoms with E-state index in [1.807, 2.05) is 0 Å². The SMILES string of the molecule is [CH]=C(Br)C#N. The highest BCUT2D eigenvalue weighted by Crippen LogP contribution is 1.93. The summed E-state index contributed by atoms with van der Waals surface area (Å²) in [4.78, 5) is 0. The van der Waals surface area contributed by atoms with E-state index in [4.69, 9.17) is 11.8 Å². The monoisotopic (exact) mass is 130 g/mol. The second kappa shape index (κ2) is 1.98. The van der Waals surface area contributed by atoms with Gasteiger partial charge < -0.3 is 0 Å². The molecule has 5 heavy (non-hydrogen) atoms. The molecule has 0 aromatic heterocycles. The van der Waals surface area contributed by atoms with Crippen molar-refractivity contribution in [2.45, 2.75) is 0 Å². The molecule has 0 spiro atoms. The average Bonchev–Trinajstić information content (AvgIpc) is 1.38. The van der Waals surface area contributed by atoms with Crippen molar-refractivity contribution in [3.63, 3.8) is 0 Å². The van der Waals surface area contributed by atoms with Crippen molar-refractivity contribution in [1.82, 2.24) is 0 Å². The lowest BCUT2D eigenvalue weighted by Gasteiger charge is -1.57. The zero-order valence-corrected chi connectivity index (χ0v) is 3.99. The van der Waals surface area contributed by atoms with E-state index < -0.39 is 0 Å². The minimum absolute atomic E-state index is 0.123. The van der Waals surface area contributed by atoms with Crippen LogP contribution in [0.5, 0.6) is 0 Å². The number of nitrogens with zero attached hydrogens (tertiary/aromatic N) is 1. The van der Waals surface area contributed by atoms with E-state index in [1.165, 1.54) is 0 Å². The Morgan fingerprint density at radius 2 is 2.20 bits per heavy atom. The van der Waals surface area contributed by atoms with Gasteiger partial charge in [0, 0.05) is 0 Å². The number of halogens is 1. The van der Waals surface area contributed by atoms with Gasteiger partial charge in [-0.3, -0.25) is 0 Å².